The summed E-state index contributed by atoms with van der Waals surface area (Å²) in [6.45, 7) is 3.62. The molecule has 3 atom stereocenters. The molecule has 0 amide bonds. The quantitative estimate of drug-likeness (QED) is 0.767. The van der Waals surface area contributed by atoms with Gasteiger partial charge in [-0.05, 0) is 43.4 Å². The van der Waals surface area contributed by atoms with Gasteiger partial charge in [-0.15, -0.1) is 0 Å². The van der Waals surface area contributed by atoms with Gasteiger partial charge >= 0.3 is 0 Å². The standard InChI is InChI=1S/C13H24N2/c14-7-13(10-3-1-4-10)15-8-11-5-2-6-12(11)9-15/h10-13H,1-9,14H2. The molecule has 0 aromatic carbocycles. The van der Waals surface area contributed by atoms with E-state index in [1.807, 2.05) is 0 Å². The average Bonchev–Trinajstić information content (AvgIpc) is 2.69. The molecule has 2 heteroatoms. The Morgan fingerprint density at radius 1 is 1.00 bits per heavy atom. The smallest absolute Gasteiger partial charge is 0.0246 e. The van der Waals surface area contributed by atoms with Crippen molar-refractivity contribution in [2.24, 2.45) is 23.5 Å². The van der Waals surface area contributed by atoms with Gasteiger partial charge in [0, 0.05) is 25.7 Å². The maximum absolute atomic E-state index is 5.97. The van der Waals surface area contributed by atoms with Crippen LogP contribution in [0.3, 0.4) is 0 Å². The lowest BCUT2D eigenvalue weighted by molar-refractivity contribution is 0.115. The minimum atomic E-state index is 0.726. The Kier molecular flexibility index (Phi) is 2.73. The van der Waals surface area contributed by atoms with Crippen LogP contribution < -0.4 is 5.73 Å². The molecule has 15 heavy (non-hydrogen) atoms. The fraction of sp³-hybridized carbons (Fsp3) is 1.00. The van der Waals surface area contributed by atoms with Crippen molar-refractivity contribution in [1.82, 2.24) is 4.90 Å². The van der Waals surface area contributed by atoms with Crippen LogP contribution in [0, 0.1) is 17.8 Å². The predicted molar refractivity (Wildman–Crippen MR) is 62.6 cm³/mol. The van der Waals surface area contributed by atoms with Crippen LogP contribution in [0.1, 0.15) is 38.5 Å². The highest BCUT2D eigenvalue weighted by atomic mass is 15.2. The molecular formula is C13H24N2. The van der Waals surface area contributed by atoms with E-state index in [9.17, 15) is 0 Å². The van der Waals surface area contributed by atoms with Gasteiger partial charge < -0.3 is 5.73 Å². The third-order valence-electron chi connectivity index (χ3n) is 5.16. The molecule has 2 aliphatic carbocycles. The van der Waals surface area contributed by atoms with E-state index in [0.29, 0.717) is 0 Å². The molecule has 0 radical (unpaired) electrons. The zero-order valence-electron chi connectivity index (χ0n) is 9.70. The lowest BCUT2D eigenvalue weighted by Gasteiger charge is -2.39. The van der Waals surface area contributed by atoms with Crippen molar-refractivity contribution in [3.63, 3.8) is 0 Å². The molecule has 0 aromatic rings. The Balaban J connectivity index is 1.61. The molecule has 1 heterocycles. The summed E-state index contributed by atoms with van der Waals surface area (Å²) < 4.78 is 0. The molecular weight excluding hydrogens is 184 g/mol. The van der Waals surface area contributed by atoms with Crippen molar-refractivity contribution < 1.29 is 0 Å². The second kappa shape index (κ2) is 4.06. The molecule has 2 N–H and O–H groups in total. The number of nitrogens with zero attached hydrogens (tertiary/aromatic N) is 1. The van der Waals surface area contributed by atoms with Gasteiger partial charge in [0.1, 0.15) is 0 Å². The molecule has 3 aliphatic rings. The second-order valence-corrected chi connectivity index (χ2v) is 5.90. The van der Waals surface area contributed by atoms with Crippen LogP contribution in [0.4, 0.5) is 0 Å². The molecule has 1 aliphatic heterocycles. The van der Waals surface area contributed by atoms with Crippen molar-refractivity contribution in [1.29, 1.82) is 0 Å². The molecule has 3 unspecified atom stereocenters. The summed E-state index contributed by atoms with van der Waals surface area (Å²) in [5.41, 5.74) is 5.97. The first-order valence-corrected chi connectivity index (χ1v) is 6.82. The van der Waals surface area contributed by atoms with Crippen LogP contribution in [-0.4, -0.2) is 30.6 Å². The highest BCUT2D eigenvalue weighted by Crippen LogP contribution is 2.41. The monoisotopic (exact) mass is 208 g/mol. The summed E-state index contributed by atoms with van der Waals surface area (Å²) >= 11 is 0. The van der Waals surface area contributed by atoms with Gasteiger partial charge in [0.2, 0.25) is 0 Å². The first-order chi connectivity index (χ1) is 7.38. The third kappa shape index (κ3) is 1.72. The number of nitrogens with two attached hydrogens (primary N) is 1. The third-order valence-corrected chi connectivity index (χ3v) is 5.16. The molecule has 0 aromatic heterocycles. The molecule has 3 rings (SSSR count). The van der Waals surface area contributed by atoms with Crippen molar-refractivity contribution in [3.8, 4) is 0 Å². The summed E-state index contributed by atoms with van der Waals surface area (Å²) in [6.07, 6.45) is 8.79. The van der Waals surface area contributed by atoms with E-state index in [1.54, 1.807) is 0 Å². The number of rotatable bonds is 3. The van der Waals surface area contributed by atoms with Crippen LogP contribution in [-0.2, 0) is 0 Å². The van der Waals surface area contributed by atoms with Crippen molar-refractivity contribution in [3.05, 3.63) is 0 Å². The van der Waals surface area contributed by atoms with Crippen LogP contribution in [0.5, 0.6) is 0 Å². The van der Waals surface area contributed by atoms with Crippen LogP contribution in [0.2, 0.25) is 0 Å². The lowest BCUT2D eigenvalue weighted by atomic mass is 9.79. The number of fused-ring (bicyclic) bond motifs is 1. The normalized spacial score (nSPS) is 39.0. The van der Waals surface area contributed by atoms with Gasteiger partial charge in [-0.25, -0.2) is 0 Å². The van der Waals surface area contributed by atoms with E-state index in [2.05, 4.69) is 4.90 Å². The molecule has 2 saturated carbocycles. The van der Waals surface area contributed by atoms with Crippen molar-refractivity contribution in [2.75, 3.05) is 19.6 Å². The minimum Gasteiger partial charge on any atom is -0.329 e. The number of likely N-dealkylation sites (tertiary alicyclic amines) is 1. The Morgan fingerprint density at radius 3 is 2.07 bits per heavy atom. The number of hydrogen-bond donors (Lipinski definition) is 1. The van der Waals surface area contributed by atoms with Crippen molar-refractivity contribution >= 4 is 0 Å². The fourth-order valence-corrected chi connectivity index (χ4v) is 4.01. The van der Waals surface area contributed by atoms with Gasteiger partial charge in [0.25, 0.3) is 0 Å². The van der Waals surface area contributed by atoms with E-state index in [0.717, 1.165) is 30.3 Å². The van der Waals surface area contributed by atoms with Crippen LogP contribution in [0.25, 0.3) is 0 Å². The molecule has 2 nitrogen and oxygen atoms in total. The maximum Gasteiger partial charge on any atom is 0.0246 e. The van der Waals surface area contributed by atoms with Crippen molar-refractivity contribution in [2.45, 2.75) is 44.6 Å². The summed E-state index contributed by atoms with van der Waals surface area (Å²) in [6, 6.07) is 0.726. The first kappa shape index (κ1) is 10.1. The Hall–Kier alpha value is -0.0800. The average molecular weight is 208 g/mol. The maximum atomic E-state index is 5.97. The second-order valence-electron chi connectivity index (χ2n) is 5.90. The predicted octanol–water partition coefficient (Wildman–Crippen LogP) is 1.85. The van der Waals surface area contributed by atoms with Gasteiger partial charge in [-0.2, -0.15) is 0 Å². The molecule has 0 spiro atoms. The fourth-order valence-electron chi connectivity index (χ4n) is 4.01. The Morgan fingerprint density at radius 2 is 1.60 bits per heavy atom. The first-order valence-electron chi connectivity index (χ1n) is 6.82. The molecule has 1 saturated heterocycles. The lowest BCUT2D eigenvalue weighted by Crippen LogP contribution is -2.47. The highest BCUT2D eigenvalue weighted by Gasteiger charge is 2.41. The largest absolute Gasteiger partial charge is 0.329 e. The van der Waals surface area contributed by atoms with E-state index < -0.39 is 0 Å². The summed E-state index contributed by atoms with van der Waals surface area (Å²) in [7, 11) is 0. The topological polar surface area (TPSA) is 29.3 Å². The molecule has 0 bridgehead atoms. The SMILES string of the molecule is NCC(C1CCC1)N1CC2CCCC2C1. The van der Waals surface area contributed by atoms with Gasteiger partial charge in [0.15, 0.2) is 0 Å². The number of hydrogen-bond acceptors (Lipinski definition) is 2. The Bertz CT molecular complexity index is 213. The summed E-state index contributed by atoms with van der Waals surface area (Å²) in [5.74, 6) is 2.99. The summed E-state index contributed by atoms with van der Waals surface area (Å²) in [5, 5.41) is 0. The highest BCUT2D eigenvalue weighted by molar-refractivity contribution is 4.94. The Labute approximate surface area is 93.2 Å². The minimum absolute atomic E-state index is 0.726. The van der Waals surface area contributed by atoms with Gasteiger partial charge in [-0.3, -0.25) is 4.90 Å². The van der Waals surface area contributed by atoms with E-state index in [1.165, 1.54) is 51.6 Å². The van der Waals surface area contributed by atoms with E-state index >= 15 is 0 Å². The zero-order chi connectivity index (χ0) is 10.3. The molecule has 3 fully saturated rings. The zero-order valence-corrected chi connectivity index (χ0v) is 9.70. The van der Waals surface area contributed by atoms with E-state index in [-0.39, 0.29) is 0 Å². The van der Waals surface area contributed by atoms with Gasteiger partial charge in [0.05, 0.1) is 0 Å². The molecule has 86 valence electrons. The van der Waals surface area contributed by atoms with E-state index in [4.69, 9.17) is 5.73 Å². The van der Waals surface area contributed by atoms with Gasteiger partial charge in [-0.1, -0.05) is 12.8 Å². The van der Waals surface area contributed by atoms with Crippen LogP contribution >= 0.6 is 0 Å². The van der Waals surface area contributed by atoms with Crippen LogP contribution in [0.15, 0.2) is 0 Å². The summed E-state index contributed by atoms with van der Waals surface area (Å²) in [4.78, 5) is 2.73.